The number of amides is 3. The van der Waals surface area contributed by atoms with Crippen molar-refractivity contribution in [3.63, 3.8) is 0 Å². The summed E-state index contributed by atoms with van der Waals surface area (Å²) >= 11 is 0. The summed E-state index contributed by atoms with van der Waals surface area (Å²) in [5, 5.41) is 2.49. The number of ether oxygens (including phenoxy) is 4. The van der Waals surface area contributed by atoms with Crippen LogP contribution in [-0.2, 0) is 9.53 Å². The number of methoxy groups -OCH3 is 3. The lowest BCUT2D eigenvalue weighted by atomic mass is 9.96. The molecule has 12 heteroatoms. The molecule has 1 saturated heterocycles. The third-order valence-electron chi connectivity index (χ3n) is 5.34. The van der Waals surface area contributed by atoms with Gasteiger partial charge in [-0.2, -0.15) is 8.78 Å². The molecule has 33 heavy (non-hydrogen) atoms. The molecule has 1 fully saturated rings. The summed E-state index contributed by atoms with van der Waals surface area (Å²) in [6.45, 7) is -2.11. The molecular weight excluding hydrogens is 444 g/mol. The highest BCUT2D eigenvalue weighted by molar-refractivity contribution is 5.97. The fourth-order valence-electron chi connectivity index (χ4n) is 3.60. The van der Waals surface area contributed by atoms with Crippen molar-refractivity contribution in [1.29, 1.82) is 0 Å². The molecule has 0 aromatic heterocycles. The molecule has 0 unspecified atom stereocenters. The fourth-order valence-corrected chi connectivity index (χ4v) is 3.60. The first kappa shape index (κ1) is 25.9. The van der Waals surface area contributed by atoms with Crippen molar-refractivity contribution in [2.75, 3.05) is 54.6 Å². The molecule has 0 spiro atoms. The van der Waals surface area contributed by atoms with Crippen molar-refractivity contribution in [3.05, 3.63) is 17.7 Å². The molecule has 0 aliphatic carbocycles. The van der Waals surface area contributed by atoms with Gasteiger partial charge in [-0.1, -0.05) is 0 Å². The van der Waals surface area contributed by atoms with Crippen molar-refractivity contribution in [2.45, 2.75) is 19.5 Å². The maximum atomic E-state index is 13.3. The molecule has 0 atom stereocenters. The van der Waals surface area contributed by atoms with Crippen molar-refractivity contribution in [3.8, 4) is 17.2 Å². The lowest BCUT2D eigenvalue weighted by molar-refractivity contribution is -0.121. The van der Waals surface area contributed by atoms with E-state index in [0.717, 1.165) is 0 Å². The highest BCUT2D eigenvalue weighted by Crippen LogP contribution is 2.40. The third-order valence-corrected chi connectivity index (χ3v) is 5.34. The van der Waals surface area contributed by atoms with E-state index in [9.17, 15) is 23.2 Å². The van der Waals surface area contributed by atoms with E-state index >= 15 is 0 Å². The van der Waals surface area contributed by atoms with Gasteiger partial charge in [0.05, 0.1) is 27.9 Å². The molecule has 10 nitrogen and oxygen atoms in total. The quantitative estimate of drug-likeness (QED) is 0.585. The first-order valence-electron chi connectivity index (χ1n) is 10.3. The molecule has 1 aromatic rings. The Labute approximate surface area is 190 Å². The van der Waals surface area contributed by atoms with Crippen molar-refractivity contribution < 1.29 is 42.1 Å². The van der Waals surface area contributed by atoms with Crippen molar-refractivity contribution in [1.82, 2.24) is 15.1 Å². The molecule has 0 radical (unpaired) electrons. The van der Waals surface area contributed by atoms with E-state index in [2.05, 4.69) is 10.1 Å². The van der Waals surface area contributed by atoms with Gasteiger partial charge in [-0.15, -0.1) is 0 Å². The second-order valence-corrected chi connectivity index (χ2v) is 7.35. The van der Waals surface area contributed by atoms with Crippen LogP contribution in [0.1, 0.15) is 23.2 Å². The lowest BCUT2D eigenvalue weighted by Crippen LogP contribution is -2.45. The number of likely N-dealkylation sites (N-methyl/N-ethyl adjacent to an activating group) is 1. The van der Waals surface area contributed by atoms with E-state index in [1.165, 1.54) is 45.4 Å². The van der Waals surface area contributed by atoms with Crippen LogP contribution < -0.4 is 19.5 Å². The summed E-state index contributed by atoms with van der Waals surface area (Å²) in [7, 11) is 5.28. The first-order chi connectivity index (χ1) is 15.7. The monoisotopic (exact) mass is 473 g/mol. The van der Waals surface area contributed by atoms with Crippen LogP contribution in [0.5, 0.6) is 17.2 Å². The lowest BCUT2D eigenvalue weighted by Gasteiger charge is -2.34. The Morgan fingerprint density at radius 3 is 2.15 bits per heavy atom. The third kappa shape index (κ3) is 6.83. The maximum Gasteiger partial charge on any atom is 0.409 e. The van der Waals surface area contributed by atoms with E-state index in [4.69, 9.17) is 14.2 Å². The minimum Gasteiger partial charge on any atom is -0.493 e. The number of hydrogen-bond donors (Lipinski definition) is 1. The standard InChI is InChI=1S/C21H29F2N3O7/c1-24-17(27)12-26(11-13-5-7-25(8-6-13)21(29)32-4)19(28)14-9-15(30-2)18(33-20(22)23)16(10-14)31-3/h9-10,13,20H,5-8,11-12H2,1-4H3,(H,24,27). The molecule has 1 aliphatic rings. The molecule has 2 rings (SSSR count). The highest BCUT2D eigenvalue weighted by atomic mass is 19.3. The number of hydrogen-bond acceptors (Lipinski definition) is 7. The summed E-state index contributed by atoms with van der Waals surface area (Å²) in [5.74, 6) is -1.38. The Kier molecular flexibility index (Phi) is 9.49. The Balaban J connectivity index is 2.26. The van der Waals surface area contributed by atoms with Crippen LogP contribution in [0.3, 0.4) is 0 Å². The van der Waals surface area contributed by atoms with Gasteiger partial charge in [0.25, 0.3) is 5.91 Å². The van der Waals surface area contributed by atoms with Gasteiger partial charge < -0.3 is 34.1 Å². The molecule has 0 saturated carbocycles. The average molecular weight is 473 g/mol. The zero-order valence-electron chi connectivity index (χ0n) is 19.1. The van der Waals surface area contributed by atoms with Gasteiger partial charge in [0.1, 0.15) is 0 Å². The number of rotatable bonds is 9. The number of nitrogens with zero attached hydrogens (tertiary/aromatic N) is 2. The van der Waals surface area contributed by atoms with Gasteiger partial charge in [0, 0.05) is 32.2 Å². The Morgan fingerprint density at radius 1 is 1.12 bits per heavy atom. The SMILES string of the molecule is CNC(=O)CN(CC1CCN(C(=O)OC)CC1)C(=O)c1cc(OC)c(OC(F)F)c(OC)c1. The fraction of sp³-hybridized carbons (Fsp3) is 0.571. The molecule has 3 amide bonds. The van der Waals surface area contributed by atoms with Crippen molar-refractivity contribution >= 4 is 17.9 Å². The number of benzene rings is 1. The van der Waals surface area contributed by atoms with Crippen LogP contribution in [0.15, 0.2) is 12.1 Å². The molecule has 1 heterocycles. The highest BCUT2D eigenvalue weighted by Gasteiger charge is 2.29. The number of carbonyl (C=O) groups excluding carboxylic acids is 3. The molecule has 184 valence electrons. The summed E-state index contributed by atoms with van der Waals surface area (Å²) in [4.78, 5) is 40.0. The number of nitrogens with one attached hydrogen (secondary N) is 1. The van der Waals surface area contributed by atoms with E-state index in [1.807, 2.05) is 0 Å². The summed E-state index contributed by atoms with van der Waals surface area (Å²) in [5.41, 5.74) is 0.0845. The zero-order valence-corrected chi connectivity index (χ0v) is 19.1. The normalized spacial score (nSPS) is 14.0. The smallest absolute Gasteiger partial charge is 0.409 e. The van der Waals surface area contributed by atoms with Crippen LogP contribution in [-0.4, -0.2) is 88.9 Å². The van der Waals surface area contributed by atoms with E-state index in [0.29, 0.717) is 25.9 Å². The second-order valence-electron chi connectivity index (χ2n) is 7.35. The average Bonchev–Trinajstić information content (AvgIpc) is 2.82. The Bertz CT molecular complexity index is 820. The first-order valence-corrected chi connectivity index (χ1v) is 10.3. The van der Waals surface area contributed by atoms with Gasteiger partial charge in [-0.25, -0.2) is 4.79 Å². The Morgan fingerprint density at radius 2 is 1.70 bits per heavy atom. The summed E-state index contributed by atoms with van der Waals surface area (Å²) in [6, 6.07) is 2.53. The van der Waals surface area contributed by atoms with E-state index in [1.54, 1.807) is 4.90 Å². The predicted octanol–water partition coefficient (Wildman–Crippen LogP) is 1.97. The topological polar surface area (TPSA) is 107 Å². The van der Waals surface area contributed by atoms with Crippen LogP contribution in [0.4, 0.5) is 13.6 Å². The zero-order chi connectivity index (χ0) is 24.5. The van der Waals surface area contributed by atoms with Crippen LogP contribution in [0.2, 0.25) is 0 Å². The van der Waals surface area contributed by atoms with E-state index < -0.39 is 18.6 Å². The number of halogens is 2. The largest absolute Gasteiger partial charge is 0.493 e. The number of likely N-dealkylation sites (tertiary alicyclic amines) is 1. The Hall–Kier alpha value is -3.31. The molecule has 1 N–H and O–H groups in total. The maximum absolute atomic E-state index is 13.3. The van der Waals surface area contributed by atoms with Gasteiger partial charge in [0.2, 0.25) is 11.7 Å². The van der Waals surface area contributed by atoms with Gasteiger partial charge in [-0.05, 0) is 30.9 Å². The van der Waals surface area contributed by atoms with Gasteiger partial charge in [-0.3, -0.25) is 9.59 Å². The van der Waals surface area contributed by atoms with Crippen LogP contribution in [0.25, 0.3) is 0 Å². The second kappa shape index (κ2) is 12.1. The number of alkyl halides is 2. The number of carbonyl (C=O) groups is 3. The van der Waals surface area contributed by atoms with Gasteiger partial charge in [0.15, 0.2) is 11.5 Å². The minimum atomic E-state index is -3.12. The van der Waals surface area contributed by atoms with E-state index in [-0.39, 0.29) is 47.7 Å². The van der Waals surface area contributed by atoms with Crippen LogP contribution >= 0.6 is 0 Å². The summed E-state index contributed by atoms with van der Waals surface area (Å²) < 4.78 is 45.0. The summed E-state index contributed by atoms with van der Waals surface area (Å²) in [6.07, 6.45) is 0.845. The number of piperidine rings is 1. The molecule has 1 aliphatic heterocycles. The molecule has 1 aromatic carbocycles. The molecular formula is C21H29F2N3O7. The predicted molar refractivity (Wildman–Crippen MR) is 113 cm³/mol. The minimum absolute atomic E-state index is 0.0461. The molecule has 0 bridgehead atoms. The van der Waals surface area contributed by atoms with Crippen LogP contribution in [0, 0.1) is 5.92 Å². The van der Waals surface area contributed by atoms with Gasteiger partial charge >= 0.3 is 12.7 Å². The van der Waals surface area contributed by atoms with Crippen molar-refractivity contribution in [2.24, 2.45) is 5.92 Å².